The Labute approximate surface area is 41.4 Å². The van der Waals surface area contributed by atoms with Crippen LogP contribution in [0.15, 0.2) is 27.8 Å². The van der Waals surface area contributed by atoms with Gasteiger partial charge in [0.25, 0.3) is 0 Å². The third-order valence-electron chi connectivity index (χ3n) is 0.312. The Bertz CT molecular complexity index is 93.1. The number of allylic oxidation sites excluding steroid dienone is 1. The maximum atomic E-state index is 6.11. The highest BCUT2D eigenvalue weighted by molar-refractivity contribution is 4.70. The molecule has 0 aromatic rings. The molecule has 0 spiro atoms. The van der Waals surface area contributed by atoms with Crippen LogP contribution in [-0.4, -0.2) is 0 Å². The third kappa shape index (κ3) is 4.94. The van der Waals surface area contributed by atoms with Gasteiger partial charge in [-0.1, -0.05) is 6.08 Å². The Morgan fingerprint density at radius 2 is 2.29 bits per heavy atom. The highest BCUT2D eigenvalue weighted by Crippen LogP contribution is 1.75. The molecule has 0 saturated carbocycles. The minimum atomic E-state index is 1.46. The van der Waals surface area contributed by atoms with E-state index in [2.05, 4.69) is 15.6 Å². The predicted octanol–water partition coefficient (Wildman–Crippen LogP) is 1.92. The molecule has 0 heterocycles. The maximum Gasteiger partial charge on any atom is 0.0471 e. The lowest BCUT2D eigenvalue weighted by molar-refractivity contribution is 0.906. The first-order valence-electron chi connectivity index (χ1n) is 1.79. The predicted molar refractivity (Wildman–Crippen MR) is 24.8 cm³/mol. The monoisotopic (exact) mass is 98.1 g/mol. The quantitative estimate of drug-likeness (QED) is 0.405. The van der Waals surface area contributed by atoms with Crippen LogP contribution in [0.1, 0.15) is 6.92 Å². The average molecular weight is 98.1 g/mol. The summed E-state index contributed by atoms with van der Waals surface area (Å²) in [6.07, 6.45) is 3.16. The second-order valence-corrected chi connectivity index (χ2v) is 0.787. The van der Waals surface area contributed by atoms with Crippen LogP contribution in [0.5, 0.6) is 0 Å². The Morgan fingerprint density at radius 3 is 2.71 bits per heavy atom. The molecule has 0 fully saturated rings. The molecular formula is C3H6N4. The Morgan fingerprint density at radius 1 is 1.57 bits per heavy atom. The van der Waals surface area contributed by atoms with Gasteiger partial charge in [0.2, 0.25) is 0 Å². The first-order valence-corrected chi connectivity index (χ1v) is 1.79. The first-order chi connectivity index (χ1) is 3.41. The number of hydrogen-bond acceptors (Lipinski definition) is 2. The van der Waals surface area contributed by atoms with E-state index in [1.54, 1.807) is 6.08 Å². The fraction of sp³-hybridized carbons (Fsp3) is 0.333. The van der Waals surface area contributed by atoms with Gasteiger partial charge in [0, 0.05) is 6.20 Å². The molecule has 0 aromatic heterocycles. The van der Waals surface area contributed by atoms with Crippen LogP contribution in [0.4, 0.5) is 0 Å². The van der Waals surface area contributed by atoms with Gasteiger partial charge in [0.1, 0.15) is 0 Å². The van der Waals surface area contributed by atoms with Gasteiger partial charge in [0.15, 0.2) is 0 Å². The van der Waals surface area contributed by atoms with Crippen LogP contribution in [0, 0.1) is 5.53 Å². The standard InChI is InChI=1S/C3H6N4/c1-2-3-5-7-6-4/h2-4H,1H3. The Hall–Kier alpha value is -1.06. The SMILES string of the molecule is CC=CN=NN=N. The summed E-state index contributed by atoms with van der Waals surface area (Å²) in [4.78, 5) is 0. The molecule has 0 aromatic carbocycles. The van der Waals surface area contributed by atoms with E-state index >= 15 is 0 Å². The summed E-state index contributed by atoms with van der Waals surface area (Å²) in [6.45, 7) is 1.81. The molecule has 0 aliphatic heterocycles. The van der Waals surface area contributed by atoms with E-state index in [-0.39, 0.29) is 0 Å². The van der Waals surface area contributed by atoms with Crippen LogP contribution in [-0.2, 0) is 0 Å². The zero-order valence-corrected chi connectivity index (χ0v) is 4.00. The van der Waals surface area contributed by atoms with Crippen LogP contribution in [0.2, 0.25) is 0 Å². The van der Waals surface area contributed by atoms with Crippen molar-refractivity contribution in [3.8, 4) is 0 Å². The van der Waals surface area contributed by atoms with Gasteiger partial charge in [-0.3, -0.25) is 0 Å². The summed E-state index contributed by atoms with van der Waals surface area (Å²) >= 11 is 0. The van der Waals surface area contributed by atoms with Gasteiger partial charge in [-0.25, -0.2) is 0 Å². The zero-order chi connectivity index (χ0) is 5.54. The highest BCUT2D eigenvalue weighted by Gasteiger charge is 1.54. The van der Waals surface area contributed by atoms with Gasteiger partial charge in [-0.05, 0) is 17.4 Å². The summed E-state index contributed by atoms with van der Waals surface area (Å²) in [6, 6.07) is 0. The minimum absolute atomic E-state index is 1.46. The van der Waals surface area contributed by atoms with E-state index in [0.29, 0.717) is 0 Å². The van der Waals surface area contributed by atoms with Crippen molar-refractivity contribution < 1.29 is 0 Å². The highest BCUT2D eigenvalue weighted by atomic mass is 15.4. The zero-order valence-electron chi connectivity index (χ0n) is 4.00. The smallest absolute Gasteiger partial charge is 0.0471 e. The van der Waals surface area contributed by atoms with E-state index in [1.807, 2.05) is 6.92 Å². The average Bonchev–Trinajstić information content (AvgIpc) is 1.69. The molecule has 0 aliphatic rings. The molecule has 0 aliphatic carbocycles. The molecule has 0 rings (SSSR count). The second kappa shape index (κ2) is 4.94. The topological polar surface area (TPSA) is 60.9 Å². The molecule has 0 atom stereocenters. The fourth-order valence-electron chi connectivity index (χ4n) is 0.122. The third-order valence-corrected chi connectivity index (χ3v) is 0.312. The van der Waals surface area contributed by atoms with Gasteiger partial charge in [-0.15, -0.1) is 5.11 Å². The number of nitrogens with one attached hydrogen (secondary N) is 1. The van der Waals surface area contributed by atoms with Crippen LogP contribution in [0.3, 0.4) is 0 Å². The summed E-state index contributed by atoms with van der Waals surface area (Å²) in [7, 11) is 0. The summed E-state index contributed by atoms with van der Waals surface area (Å²) in [5, 5.41) is 8.92. The van der Waals surface area contributed by atoms with Crippen LogP contribution >= 0.6 is 0 Å². The molecule has 4 nitrogen and oxygen atoms in total. The normalized spacial score (nSPS) is 11.0. The number of rotatable bonds is 2. The molecule has 0 bridgehead atoms. The molecular weight excluding hydrogens is 92.1 g/mol. The fourth-order valence-corrected chi connectivity index (χ4v) is 0.122. The second-order valence-electron chi connectivity index (χ2n) is 0.787. The summed E-state index contributed by atoms with van der Waals surface area (Å²) in [5.74, 6) is 0. The van der Waals surface area contributed by atoms with E-state index in [4.69, 9.17) is 5.53 Å². The molecule has 0 radical (unpaired) electrons. The van der Waals surface area contributed by atoms with E-state index in [0.717, 1.165) is 0 Å². The molecule has 0 saturated heterocycles. The van der Waals surface area contributed by atoms with Crippen molar-refractivity contribution in [1.82, 2.24) is 0 Å². The molecule has 38 valence electrons. The van der Waals surface area contributed by atoms with Crippen molar-refractivity contribution in [3.63, 3.8) is 0 Å². The van der Waals surface area contributed by atoms with E-state index in [1.165, 1.54) is 6.20 Å². The lowest BCUT2D eigenvalue weighted by Gasteiger charge is -1.63. The lowest BCUT2D eigenvalue weighted by atomic mass is 10.7. The van der Waals surface area contributed by atoms with Gasteiger partial charge in [0.05, 0.1) is 0 Å². The largest absolute Gasteiger partial charge is 0.183 e. The Balaban J connectivity index is 3.27. The van der Waals surface area contributed by atoms with Crippen molar-refractivity contribution in [2.45, 2.75) is 6.92 Å². The van der Waals surface area contributed by atoms with Gasteiger partial charge in [-0.2, -0.15) is 5.53 Å². The molecule has 1 N–H and O–H groups in total. The van der Waals surface area contributed by atoms with Crippen molar-refractivity contribution >= 4 is 0 Å². The van der Waals surface area contributed by atoms with Gasteiger partial charge < -0.3 is 0 Å². The molecule has 0 amide bonds. The van der Waals surface area contributed by atoms with Crippen molar-refractivity contribution in [3.05, 3.63) is 12.3 Å². The maximum absolute atomic E-state index is 6.11. The van der Waals surface area contributed by atoms with E-state index < -0.39 is 0 Å². The van der Waals surface area contributed by atoms with Crippen molar-refractivity contribution in [1.29, 1.82) is 5.53 Å². The van der Waals surface area contributed by atoms with Gasteiger partial charge >= 0.3 is 0 Å². The van der Waals surface area contributed by atoms with Crippen LogP contribution < -0.4 is 0 Å². The molecule has 0 unspecified atom stereocenters. The minimum Gasteiger partial charge on any atom is -0.183 e. The molecule has 7 heavy (non-hydrogen) atoms. The van der Waals surface area contributed by atoms with E-state index in [9.17, 15) is 0 Å². The lowest BCUT2D eigenvalue weighted by Crippen LogP contribution is -1.41. The number of nitrogens with zero attached hydrogens (tertiary/aromatic N) is 3. The number of hydrogen-bond donors (Lipinski definition) is 1. The first kappa shape index (κ1) is 5.94. The Kier molecular flexibility index (Phi) is 4.19. The van der Waals surface area contributed by atoms with Crippen LogP contribution in [0.25, 0.3) is 0 Å². The van der Waals surface area contributed by atoms with Crippen molar-refractivity contribution in [2.75, 3.05) is 0 Å². The summed E-state index contributed by atoms with van der Waals surface area (Å²) in [5.41, 5.74) is 6.11. The summed E-state index contributed by atoms with van der Waals surface area (Å²) < 4.78 is 0. The molecule has 4 heteroatoms. The van der Waals surface area contributed by atoms with Crippen molar-refractivity contribution in [2.24, 2.45) is 15.6 Å².